The predicted molar refractivity (Wildman–Crippen MR) is 76.5 cm³/mol. The fourth-order valence-corrected chi connectivity index (χ4v) is 1.51. The summed E-state index contributed by atoms with van der Waals surface area (Å²) in [4.78, 5) is 11.6. The van der Waals surface area contributed by atoms with E-state index >= 15 is 0 Å². The quantitative estimate of drug-likeness (QED) is 0.787. The van der Waals surface area contributed by atoms with Crippen LogP contribution in [0.5, 0.6) is 0 Å². The molecule has 0 radical (unpaired) electrons. The minimum absolute atomic E-state index is 0.137. The fourth-order valence-electron chi connectivity index (χ4n) is 1.51. The van der Waals surface area contributed by atoms with Crippen molar-refractivity contribution in [1.29, 1.82) is 0 Å². The molecule has 0 aliphatic heterocycles. The third kappa shape index (κ3) is 6.36. The van der Waals surface area contributed by atoms with Gasteiger partial charge in [-0.25, -0.2) is 0 Å². The molecule has 0 aliphatic rings. The van der Waals surface area contributed by atoms with Crippen LogP contribution in [0.4, 0.5) is 0 Å². The van der Waals surface area contributed by atoms with Gasteiger partial charge in [0.25, 0.3) is 0 Å². The summed E-state index contributed by atoms with van der Waals surface area (Å²) in [5.41, 5.74) is 6.02. The number of hydrogen-bond acceptors (Lipinski definition) is 3. The molecule has 1 aromatic carbocycles. The van der Waals surface area contributed by atoms with E-state index in [9.17, 15) is 4.79 Å². The monoisotopic (exact) mass is 264 g/mol. The molecule has 1 atom stereocenters. The number of carbonyl (C=O) groups is 1. The van der Waals surface area contributed by atoms with Crippen molar-refractivity contribution >= 4 is 5.91 Å². The number of rotatable bonds is 7. The van der Waals surface area contributed by atoms with Gasteiger partial charge in [-0.05, 0) is 25.3 Å². The van der Waals surface area contributed by atoms with Gasteiger partial charge in [0, 0.05) is 6.54 Å². The second-order valence-electron chi connectivity index (χ2n) is 5.54. The SMILES string of the molecule is CC(CNC(=O)C(C)(C)N)COCc1ccccc1. The molecule has 0 saturated heterocycles. The normalized spacial score (nSPS) is 13.1. The maximum absolute atomic E-state index is 11.6. The van der Waals surface area contributed by atoms with E-state index in [1.165, 1.54) is 0 Å². The molecular weight excluding hydrogens is 240 g/mol. The third-order valence-corrected chi connectivity index (χ3v) is 2.71. The van der Waals surface area contributed by atoms with E-state index in [1.54, 1.807) is 13.8 Å². The van der Waals surface area contributed by atoms with Crippen molar-refractivity contribution in [3.8, 4) is 0 Å². The van der Waals surface area contributed by atoms with Crippen molar-refractivity contribution in [1.82, 2.24) is 5.32 Å². The molecule has 19 heavy (non-hydrogen) atoms. The lowest BCUT2D eigenvalue weighted by molar-refractivity contribution is -0.125. The van der Waals surface area contributed by atoms with E-state index in [4.69, 9.17) is 10.5 Å². The number of ether oxygens (including phenoxy) is 1. The molecule has 0 bridgehead atoms. The molecule has 0 aromatic heterocycles. The summed E-state index contributed by atoms with van der Waals surface area (Å²) in [6.07, 6.45) is 0. The van der Waals surface area contributed by atoms with Crippen LogP contribution >= 0.6 is 0 Å². The zero-order valence-corrected chi connectivity index (χ0v) is 12.0. The van der Waals surface area contributed by atoms with Crippen LogP contribution in [0, 0.1) is 5.92 Å². The third-order valence-electron chi connectivity index (χ3n) is 2.71. The molecular formula is C15H24N2O2. The number of nitrogens with two attached hydrogens (primary N) is 1. The van der Waals surface area contributed by atoms with Gasteiger partial charge >= 0.3 is 0 Å². The highest BCUT2D eigenvalue weighted by Crippen LogP contribution is 2.03. The van der Waals surface area contributed by atoms with Gasteiger partial charge in [-0.2, -0.15) is 0 Å². The van der Waals surface area contributed by atoms with Gasteiger partial charge in [0.05, 0.1) is 18.8 Å². The Balaban J connectivity index is 2.18. The van der Waals surface area contributed by atoms with E-state index in [1.807, 2.05) is 37.3 Å². The van der Waals surface area contributed by atoms with E-state index < -0.39 is 5.54 Å². The molecule has 106 valence electrons. The first-order chi connectivity index (χ1) is 8.89. The average Bonchev–Trinajstić information content (AvgIpc) is 2.36. The van der Waals surface area contributed by atoms with Gasteiger partial charge in [-0.3, -0.25) is 4.79 Å². The molecule has 0 fully saturated rings. The summed E-state index contributed by atoms with van der Waals surface area (Å²) in [5.74, 6) is 0.123. The van der Waals surface area contributed by atoms with Gasteiger partial charge in [-0.1, -0.05) is 37.3 Å². The van der Waals surface area contributed by atoms with E-state index in [0.717, 1.165) is 5.56 Å². The first-order valence-electron chi connectivity index (χ1n) is 6.58. The van der Waals surface area contributed by atoms with Crippen molar-refractivity contribution < 1.29 is 9.53 Å². The molecule has 1 unspecified atom stereocenters. The smallest absolute Gasteiger partial charge is 0.239 e. The lowest BCUT2D eigenvalue weighted by atomic mass is 10.1. The van der Waals surface area contributed by atoms with Crippen molar-refractivity contribution in [2.75, 3.05) is 13.2 Å². The average molecular weight is 264 g/mol. The number of benzene rings is 1. The number of hydrogen-bond donors (Lipinski definition) is 2. The molecule has 3 N–H and O–H groups in total. The van der Waals surface area contributed by atoms with Gasteiger partial charge in [-0.15, -0.1) is 0 Å². The second-order valence-corrected chi connectivity index (χ2v) is 5.54. The summed E-state index contributed by atoms with van der Waals surface area (Å²) >= 11 is 0. The van der Waals surface area contributed by atoms with E-state index in [0.29, 0.717) is 19.8 Å². The van der Waals surface area contributed by atoms with Gasteiger partial charge in [0.1, 0.15) is 0 Å². The van der Waals surface area contributed by atoms with Crippen LogP contribution in [-0.2, 0) is 16.1 Å². The lowest BCUT2D eigenvalue weighted by Gasteiger charge is -2.20. The zero-order chi connectivity index (χ0) is 14.3. The standard InChI is InChI=1S/C15H24N2O2/c1-12(9-17-14(18)15(2,3)16)10-19-11-13-7-5-4-6-8-13/h4-8,12H,9-11,16H2,1-3H3,(H,17,18). The topological polar surface area (TPSA) is 64.4 Å². The molecule has 0 spiro atoms. The summed E-state index contributed by atoms with van der Waals surface area (Å²) in [5, 5.41) is 2.83. The van der Waals surface area contributed by atoms with Crippen molar-refractivity contribution in [2.24, 2.45) is 11.7 Å². The van der Waals surface area contributed by atoms with Crippen molar-refractivity contribution in [3.05, 3.63) is 35.9 Å². The molecule has 4 nitrogen and oxygen atoms in total. The van der Waals surface area contributed by atoms with Crippen LogP contribution < -0.4 is 11.1 Å². The number of amides is 1. The van der Waals surface area contributed by atoms with Gasteiger partial charge in [0.2, 0.25) is 5.91 Å². The first-order valence-corrected chi connectivity index (χ1v) is 6.58. The summed E-state index contributed by atoms with van der Waals surface area (Å²) < 4.78 is 5.62. The number of carbonyl (C=O) groups excluding carboxylic acids is 1. The Kier molecular flexibility index (Phi) is 5.99. The first kappa shape index (κ1) is 15.7. The van der Waals surface area contributed by atoms with Gasteiger partial charge < -0.3 is 15.8 Å². The fraction of sp³-hybridized carbons (Fsp3) is 0.533. The molecule has 0 aliphatic carbocycles. The zero-order valence-electron chi connectivity index (χ0n) is 12.0. The Morgan fingerprint density at radius 2 is 2.00 bits per heavy atom. The Bertz CT molecular complexity index is 385. The van der Waals surface area contributed by atoms with Crippen LogP contribution in [0.25, 0.3) is 0 Å². The molecule has 0 heterocycles. The highest BCUT2D eigenvalue weighted by atomic mass is 16.5. The number of nitrogens with one attached hydrogen (secondary N) is 1. The van der Waals surface area contributed by atoms with E-state index in [2.05, 4.69) is 5.32 Å². The summed E-state index contributed by atoms with van der Waals surface area (Å²) in [6.45, 7) is 7.21. The van der Waals surface area contributed by atoms with Crippen LogP contribution in [-0.4, -0.2) is 24.6 Å². The van der Waals surface area contributed by atoms with E-state index in [-0.39, 0.29) is 11.8 Å². The Morgan fingerprint density at radius 1 is 1.37 bits per heavy atom. The van der Waals surface area contributed by atoms with Crippen LogP contribution in [0.3, 0.4) is 0 Å². The molecule has 4 heteroatoms. The lowest BCUT2D eigenvalue weighted by Crippen LogP contribution is -2.50. The van der Waals surface area contributed by atoms with Crippen LogP contribution in [0.15, 0.2) is 30.3 Å². The second kappa shape index (κ2) is 7.26. The maximum atomic E-state index is 11.6. The molecule has 1 rings (SSSR count). The van der Waals surface area contributed by atoms with Crippen molar-refractivity contribution in [3.63, 3.8) is 0 Å². The van der Waals surface area contributed by atoms with Crippen LogP contribution in [0.1, 0.15) is 26.3 Å². The predicted octanol–water partition coefficient (Wildman–Crippen LogP) is 1.69. The minimum atomic E-state index is -0.829. The Morgan fingerprint density at radius 3 is 2.58 bits per heavy atom. The molecule has 0 saturated carbocycles. The highest BCUT2D eigenvalue weighted by Gasteiger charge is 2.21. The Hall–Kier alpha value is -1.39. The summed E-state index contributed by atoms with van der Waals surface area (Å²) in [7, 11) is 0. The van der Waals surface area contributed by atoms with Gasteiger partial charge in [0.15, 0.2) is 0 Å². The van der Waals surface area contributed by atoms with Crippen LogP contribution in [0.2, 0.25) is 0 Å². The molecule has 1 aromatic rings. The molecule has 1 amide bonds. The summed E-state index contributed by atoms with van der Waals surface area (Å²) in [6, 6.07) is 10.0. The highest BCUT2D eigenvalue weighted by molar-refractivity contribution is 5.84. The maximum Gasteiger partial charge on any atom is 0.239 e. The minimum Gasteiger partial charge on any atom is -0.376 e. The Labute approximate surface area is 115 Å². The largest absolute Gasteiger partial charge is 0.376 e. The van der Waals surface area contributed by atoms with Crippen molar-refractivity contribution in [2.45, 2.75) is 32.9 Å².